The molecule has 0 radical (unpaired) electrons. The maximum absolute atomic E-state index is 11.1. The Morgan fingerprint density at radius 3 is 2.96 bits per heavy atom. The topological polar surface area (TPSA) is 92.9 Å². The molecule has 3 rings (SSSR count). The predicted molar refractivity (Wildman–Crippen MR) is 90.0 cm³/mol. The fourth-order valence-corrected chi connectivity index (χ4v) is 3.43. The van der Waals surface area contributed by atoms with E-state index in [1.807, 2.05) is 30.3 Å². The molecular weight excluding hydrogens is 334 g/mol. The number of nitrogens with one attached hydrogen (secondary N) is 2. The van der Waals surface area contributed by atoms with Crippen molar-refractivity contribution >= 4 is 45.5 Å². The first kappa shape index (κ1) is 15.5. The molecule has 1 amide bonds. The highest BCUT2D eigenvalue weighted by Crippen LogP contribution is 2.30. The van der Waals surface area contributed by atoms with Gasteiger partial charge in [-0.3, -0.25) is 4.79 Å². The standard InChI is InChI=1S/C14H13N5O2S2/c1-9(20)15-10-3-2-4-11(7-10)16-13-17-18-14(23-13)22-8-12-5-6-21-19-12/h2-7H,8H2,1H3,(H,15,20)(H,16,17). The number of amides is 1. The third kappa shape index (κ3) is 4.54. The fraction of sp³-hybridized carbons (Fsp3) is 0.143. The van der Waals surface area contributed by atoms with E-state index in [1.54, 1.807) is 18.0 Å². The van der Waals surface area contributed by atoms with Crippen LogP contribution in [0.1, 0.15) is 12.6 Å². The summed E-state index contributed by atoms with van der Waals surface area (Å²) in [5, 5.41) is 18.7. The Hall–Kier alpha value is -2.39. The molecule has 7 nitrogen and oxygen atoms in total. The normalized spacial score (nSPS) is 10.5. The molecule has 1 aromatic carbocycles. The number of thioether (sulfide) groups is 1. The zero-order valence-electron chi connectivity index (χ0n) is 12.1. The van der Waals surface area contributed by atoms with E-state index in [1.165, 1.54) is 18.3 Å². The molecule has 0 aliphatic carbocycles. The Morgan fingerprint density at radius 2 is 2.17 bits per heavy atom. The highest BCUT2D eigenvalue weighted by Gasteiger charge is 2.07. The van der Waals surface area contributed by atoms with Gasteiger partial charge in [-0.1, -0.05) is 34.3 Å². The lowest BCUT2D eigenvalue weighted by molar-refractivity contribution is -0.114. The molecule has 118 valence electrons. The summed E-state index contributed by atoms with van der Waals surface area (Å²) in [6.07, 6.45) is 1.55. The third-order valence-corrected chi connectivity index (χ3v) is 4.68. The summed E-state index contributed by atoms with van der Waals surface area (Å²) >= 11 is 3.00. The van der Waals surface area contributed by atoms with Crippen molar-refractivity contribution in [2.24, 2.45) is 0 Å². The van der Waals surface area contributed by atoms with Crippen LogP contribution in [0.5, 0.6) is 0 Å². The van der Waals surface area contributed by atoms with Crippen molar-refractivity contribution in [2.75, 3.05) is 10.6 Å². The second-order valence-electron chi connectivity index (χ2n) is 4.54. The molecule has 0 aliphatic heterocycles. The van der Waals surface area contributed by atoms with Crippen molar-refractivity contribution in [3.8, 4) is 0 Å². The average Bonchev–Trinajstić information content (AvgIpc) is 3.16. The highest BCUT2D eigenvalue weighted by molar-refractivity contribution is 8.00. The maximum atomic E-state index is 11.1. The minimum absolute atomic E-state index is 0.107. The summed E-state index contributed by atoms with van der Waals surface area (Å²) in [5.74, 6) is 0.577. The summed E-state index contributed by atoms with van der Waals surface area (Å²) in [6, 6.07) is 9.24. The van der Waals surface area contributed by atoms with Gasteiger partial charge >= 0.3 is 0 Å². The second kappa shape index (κ2) is 7.25. The van der Waals surface area contributed by atoms with Crippen LogP contribution in [0.25, 0.3) is 0 Å². The largest absolute Gasteiger partial charge is 0.364 e. The Labute approximate surface area is 140 Å². The quantitative estimate of drug-likeness (QED) is 0.659. The van der Waals surface area contributed by atoms with Gasteiger partial charge in [0.05, 0.1) is 5.69 Å². The summed E-state index contributed by atoms with van der Waals surface area (Å²) in [6.45, 7) is 1.48. The molecule has 0 spiro atoms. The van der Waals surface area contributed by atoms with Crippen molar-refractivity contribution in [3.63, 3.8) is 0 Å². The average molecular weight is 347 g/mol. The van der Waals surface area contributed by atoms with E-state index in [0.717, 1.165) is 21.4 Å². The van der Waals surface area contributed by atoms with Gasteiger partial charge in [0, 0.05) is 30.1 Å². The predicted octanol–water partition coefficient (Wildman–Crippen LogP) is 3.52. The minimum atomic E-state index is -0.107. The zero-order valence-corrected chi connectivity index (χ0v) is 13.8. The molecule has 0 saturated heterocycles. The van der Waals surface area contributed by atoms with Gasteiger partial charge in [0.25, 0.3) is 0 Å². The molecule has 0 bridgehead atoms. The Bertz CT molecular complexity index is 788. The van der Waals surface area contributed by atoms with Crippen molar-refractivity contribution in [1.82, 2.24) is 15.4 Å². The van der Waals surface area contributed by atoms with Gasteiger partial charge in [-0.05, 0) is 18.2 Å². The van der Waals surface area contributed by atoms with E-state index >= 15 is 0 Å². The van der Waals surface area contributed by atoms with Crippen LogP contribution in [-0.4, -0.2) is 21.3 Å². The molecule has 23 heavy (non-hydrogen) atoms. The number of aromatic nitrogens is 3. The lowest BCUT2D eigenvalue weighted by Gasteiger charge is -2.05. The third-order valence-electron chi connectivity index (χ3n) is 2.68. The van der Waals surface area contributed by atoms with Gasteiger partial charge in [0.2, 0.25) is 11.0 Å². The number of nitrogens with zero attached hydrogens (tertiary/aromatic N) is 3. The van der Waals surface area contributed by atoms with Crippen LogP contribution in [0, 0.1) is 0 Å². The number of benzene rings is 1. The molecule has 2 aromatic heterocycles. The molecule has 0 fully saturated rings. The zero-order chi connectivity index (χ0) is 16.1. The SMILES string of the molecule is CC(=O)Nc1cccc(Nc2nnc(SCc3ccon3)s2)c1. The number of carbonyl (C=O) groups is 1. The van der Waals surface area contributed by atoms with E-state index in [4.69, 9.17) is 4.52 Å². The van der Waals surface area contributed by atoms with E-state index in [9.17, 15) is 4.79 Å². The van der Waals surface area contributed by atoms with Gasteiger partial charge in [0.1, 0.15) is 6.26 Å². The van der Waals surface area contributed by atoms with Crippen LogP contribution in [0.15, 0.2) is 45.5 Å². The highest BCUT2D eigenvalue weighted by atomic mass is 32.2. The Balaban J connectivity index is 1.61. The number of hydrogen-bond donors (Lipinski definition) is 2. The lowest BCUT2D eigenvalue weighted by atomic mass is 10.3. The molecule has 2 heterocycles. The minimum Gasteiger partial charge on any atom is -0.364 e. The molecule has 9 heteroatoms. The van der Waals surface area contributed by atoms with Gasteiger partial charge in [-0.2, -0.15) is 0 Å². The van der Waals surface area contributed by atoms with Crippen molar-refractivity contribution in [3.05, 3.63) is 42.3 Å². The van der Waals surface area contributed by atoms with Crippen molar-refractivity contribution in [1.29, 1.82) is 0 Å². The van der Waals surface area contributed by atoms with E-state index in [-0.39, 0.29) is 5.91 Å². The molecule has 0 unspecified atom stereocenters. The van der Waals surface area contributed by atoms with Crippen molar-refractivity contribution < 1.29 is 9.32 Å². The van der Waals surface area contributed by atoms with Crippen LogP contribution < -0.4 is 10.6 Å². The van der Waals surface area contributed by atoms with Crippen LogP contribution in [0.3, 0.4) is 0 Å². The van der Waals surface area contributed by atoms with Crippen LogP contribution in [-0.2, 0) is 10.5 Å². The van der Waals surface area contributed by atoms with E-state index < -0.39 is 0 Å². The molecule has 0 saturated carbocycles. The van der Waals surface area contributed by atoms with Crippen LogP contribution in [0.4, 0.5) is 16.5 Å². The van der Waals surface area contributed by atoms with Gasteiger partial charge in [-0.15, -0.1) is 10.2 Å². The van der Waals surface area contributed by atoms with Gasteiger partial charge in [-0.25, -0.2) is 0 Å². The van der Waals surface area contributed by atoms with Gasteiger partial charge < -0.3 is 15.2 Å². The second-order valence-corrected chi connectivity index (χ2v) is 6.74. The summed E-state index contributed by atoms with van der Waals surface area (Å²) in [5.41, 5.74) is 2.43. The first-order chi connectivity index (χ1) is 11.2. The number of carbonyl (C=O) groups excluding carboxylic acids is 1. The van der Waals surface area contributed by atoms with E-state index in [0.29, 0.717) is 10.9 Å². The summed E-state index contributed by atoms with van der Waals surface area (Å²) < 4.78 is 5.63. The smallest absolute Gasteiger partial charge is 0.221 e. The molecule has 0 atom stereocenters. The first-order valence-electron chi connectivity index (χ1n) is 6.69. The Morgan fingerprint density at radius 1 is 1.30 bits per heavy atom. The molecular formula is C14H13N5O2S2. The van der Waals surface area contributed by atoms with Crippen LogP contribution >= 0.6 is 23.1 Å². The fourth-order valence-electron chi connectivity index (χ4n) is 1.77. The van der Waals surface area contributed by atoms with Crippen molar-refractivity contribution in [2.45, 2.75) is 17.0 Å². The molecule has 0 aliphatic rings. The number of rotatable bonds is 6. The number of hydrogen-bond acceptors (Lipinski definition) is 8. The molecule has 3 aromatic rings. The summed E-state index contributed by atoms with van der Waals surface area (Å²) in [4.78, 5) is 11.1. The maximum Gasteiger partial charge on any atom is 0.221 e. The van der Waals surface area contributed by atoms with Crippen LogP contribution in [0.2, 0.25) is 0 Å². The van der Waals surface area contributed by atoms with Gasteiger partial charge in [0.15, 0.2) is 4.34 Å². The van der Waals surface area contributed by atoms with E-state index in [2.05, 4.69) is 26.0 Å². The monoisotopic (exact) mass is 347 g/mol. The lowest BCUT2D eigenvalue weighted by Crippen LogP contribution is -2.05. The molecule has 2 N–H and O–H groups in total. The number of anilines is 3. The Kier molecular flexibility index (Phi) is 4.89. The first-order valence-corrected chi connectivity index (χ1v) is 8.49. The summed E-state index contributed by atoms with van der Waals surface area (Å²) in [7, 11) is 0.